The van der Waals surface area contributed by atoms with Crippen LogP contribution < -0.4 is 5.32 Å². The lowest BCUT2D eigenvalue weighted by atomic mass is 9.96. The van der Waals surface area contributed by atoms with Crippen LogP contribution in [0.3, 0.4) is 0 Å². The predicted molar refractivity (Wildman–Crippen MR) is 100 cm³/mol. The number of hydrogen-bond donors (Lipinski definition) is 2. The van der Waals surface area contributed by atoms with E-state index in [1.54, 1.807) is 6.92 Å². The topological polar surface area (TPSA) is 54.3 Å². The maximum atomic E-state index is 12.4. The fourth-order valence-corrected chi connectivity index (χ4v) is 3.13. The minimum Gasteiger partial charge on any atom is -0.384 e. The van der Waals surface area contributed by atoms with Crippen molar-refractivity contribution in [2.75, 3.05) is 6.54 Å². The minimum absolute atomic E-state index is 0.0878. The van der Waals surface area contributed by atoms with Crippen LogP contribution >= 0.6 is 0 Å². The third-order valence-electron chi connectivity index (χ3n) is 4.59. The van der Waals surface area contributed by atoms with E-state index >= 15 is 0 Å². The summed E-state index contributed by atoms with van der Waals surface area (Å²) in [6.07, 6.45) is 2.35. The molecule has 1 aromatic heterocycles. The van der Waals surface area contributed by atoms with E-state index in [1.807, 2.05) is 54.7 Å². The van der Waals surface area contributed by atoms with Gasteiger partial charge in [0.15, 0.2) is 0 Å². The first-order valence-electron chi connectivity index (χ1n) is 8.62. The Balaban J connectivity index is 1.69. The Morgan fingerprint density at radius 3 is 2.52 bits per heavy atom. The average molecular weight is 336 g/mol. The maximum absolute atomic E-state index is 12.4. The lowest BCUT2D eigenvalue weighted by Crippen LogP contribution is -2.39. The summed E-state index contributed by atoms with van der Waals surface area (Å²) >= 11 is 0. The van der Waals surface area contributed by atoms with Crippen molar-refractivity contribution in [2.24, 2.45) is 0 Å². The Hall–Kier alpha value is -2.59. The number of nitrogens with zero attached hydrogens (tertiary/aromatic N) is 1. The van der Waals surface area contributed by atoms with Gasteiger partial charge in [-0.3, -0.25) is 4.79 Å². The molecule has 2 N–H and O–H groups in total. The average Bonchev–Trinajstić information content (AvgIpc) is 2.99. The first-order chi connectivity index (χ1) is 12.0. The van der Waals surface area contributed by atoms with Gasteiger partial charge >= 0.3 is 0 Å². The van der Waals surface area contributed by atoms with Gasteiger partial charge in [-0.25, -0.2) is 0 Å². The molecule has 25 heavy (non-hydrogen) atoms. The molecule has 1 amide bonds. The number of para-hydroxylation sites is 1. The molecule has 0 radical (unpaired) electrons. The van der Waals surface area contributed by atoms with Gasteiger partial charge in [0.1, 0.15) is 5.60 Å². The quantitative estimate of drug-likeness (QED) is 0.726. The van der Waals surface area contributed by atoms with Gasteiger partial charge < -0.3 is 15.0 Å². The van der Waals surface area contributed by atoms with Crippen LogP contribution in [-0.4, -0.2) is 22.1 Å². The number of amides is 1. The number of fused-ring (bicyclic) bond motifs is 1. The monoisotopic (exact) mass is 336 g/mol. The molecule has 1 atom stereocenters. The lowest BCUT2D eigenvalue weighted by Gasteiger charge is -2.24. The summed E-state index contributed by atoms with van der Waals surface area (Å²) in [5, 5.41) is 14.6. The number of carbonyl (C=O) groups excluding carboxylic acids is 1. The maximum Gasteiger partial charge on any atom is 0.224 e. The van der Waals surface area contributed by atoms with Crippen LogP contribution in [0.2, 0.25) is 0 Å². The largest absolute Gasteiger partial charge is 0.384 e. The van der Waals surface area contributed by atoms with Crippen LogP contribution in [0.1, 0.15) is 25.0 Å². The van der Waals surface area contributed by atoms with E-state index in [0.717, 1.165) is 28.6 Å². The molecule has 1 heterocycles. The van der Waals surface area contributed by atoms with Crippen molar-refractivity contribution >= 4 is 16.8 Å². The van der Waals surface area contributed by atoms with Gasteiger partial charge in [-0.1, -0.05) is 48.5 Å². The molecule has 3 aromatic rings. The summed E-state index contributed by atoms with van der Waals surface area (Å²) in [5.74, 6) is -0.0878. The van der Waals surface area contributed by atoms with Crippen molar-refractivity contribution < 1.29 is 9.90 Å². The molecule has 0 saturated heterocycles. The number of aryl methyl sites for hydroxylation is 1. The highest BCUT2D eigenvalue weighted by Gasteiger charge is 2.23. The summed E-state index contributed by atoms with van der Waals surface area (Å²) in [6.45, 7) is 4.85. The molecule has 0 bridgehead atoms. The molecule has 130 valence electrons. The molecule has 0 saturated carbocycles. The van der Waals surface area contributed by atoms with Crippen molar-refractivity contribution in [1.29, 1.82) is 0 Å². The SMILES string of the molecule is CCn1cc(CC(=O)NCC(C)(O)c2ccccc2)c2ccccc21. The van der Waals surface area contributed by atoms with Gasteiger partial charge in [0, 0.05) is 23.6 Å². The second-order valence-corrected chi connectivity index (χ2v) is 6.55. The zero-order valence-electron chi connectivity index (χ0n) is 14.7. The van der Waals surface area contributed by atoms with E-state index in [1.165, 1.54) is 0 Å². The Labute approximate surface area is 148 Å². The summed E-state index contributed by atoms with van der Waals surface area (Å²) in [5.41, 5.74) is 1.85. The molecule has 0 aliphatic heterocycles. The fourth-order valence-electron chi connectivity index (χ4n) is 3.13. The lowest BCUT2D eigenvalue weighted by molar-refractivity contribution is -0.121. The van der Waals surface area contributed by atoms with Gasteiger partial charge in [0.05, 0.1) is 13.0 Å². The molecule has 0 fully saturated rings. The minimum atomic E-state index is -1.09. The van der Waals surface area contributed by atoms with Gasteiger partial charge in [-0.05, 0) is 31.0 Å². The van der Waals surface area contributed by atoms with Crippen molar-refractivity contribution in [3.8, 4) is 0 Å². The van der Waals surface area contributed by atoms with E-state index in [-0.39, 0.29) is 12.5 Å². The molecule has 4 heteroatoms. The third kappa shape index (κ3) is 3.74. The molecule has 4 nitrogen and oxygen atoms in total. The van der Waals surface area contributed by atoms with Gasteiger partial charge in [0.25, 0.3) is 0 Å². The summed E-state index contributed by atoms with van der Waals surface area (Å²) in [7, 11) is 0. The first-order valence-corrected chi connectivity index (χ1v) is 8.62. The zero-order valence-corrected chi connectivity index (χ0v) is 14.7. The number of aromatic nitrogens is 1. The number of rotatable bonds is 6. The highest BCUT2D eigenvalue weighted by atomic mass is 16.3. The molecule has 0 spiro atoms. The van der Waals surface area contributed by atoms with Crippen LogP contribution in [0.4, 0.5) is 0 Å². The number of benzene rings is 2. The van der Waals surface area contributed by atoms with Crippen LogP contribution in [0, 0.1) is 0 Å². The smallest absolute Gasteiger partial charge is 0.224 e. The van der Waals surface area contributed by atoms with Crippen LogP contribution in [0.15, 0.2) is 60.8 Å². The first kappa shape index (κ1) is 17.2. The number of hydrogen-bond acceptors (Lipinski definition) is 2. The standard InChI is InChI=1S/C21H24N2O2/c1-3-23-14-16(18-11-7-8-12-19(18)23)13-20(24)22-15-21(2,25)17-9-5-4-6-10-17/h4-12,14,25H,3,13,15H2,1-2H3,(H,22,24). The zero-order chi connectivity index (χ0) is 17.9. The van der Waals surface area contributed by atoms with Gasteiger partial charge in [-0.15, -0.1) is 0 Å². The highest BCUT2D eigenvalue weighted by Crippen LogP contribution is 2.22. The molecular weight excluding hydrogens is 312 g/mol. The molecule has 3 rings (SSSR count). The molecule has 1 unspecified atom stereocenters. The summed E-state index contributed by atoms with van der Waals surface area (Å²) < 4.78 is 2.15. The summed E-state index contributed by atoms with van der Waals surface area (Å²) in [6, 6.07) is 17.5. The normalized spacial score (nSPS) is 13.6. The second kappa shape index (κ2) is 7.11. The third-order valence-corrected chi connectivity index (χ3v) is 4.59. The Morgan fingerprint density at radius 2 is 1.80 bits per heavy atom. The Bertz CT molecular complexity index is 866. The van der Waals surface area contributed by atoms with Crippen molar-refractivity contribution in [3.05, 3.63) is 71.9 Å². The highest BCUT2D eigenvalue weighted by molar-refractivity contribution is 5.89. The van der Waals surface area contributed by atoms with Crippen molar-refractivity contribution in [1.82, 2.24) is 9.88 Å². The Kier molecular flexibility index (Phi) is 4.91. The van der Waals surface area contributed by atoms with E-state index in [9.17, 15) is 9.90 Å². The predicted octanol–water partition coefficient (Wildman–Crippen LogP) is 3.23. The van der Waals surface area contributed by atoms with Crippen LogP contribution in [0.5, 0.6) is 0 Å². The fraction of sp³-hybridized carbons (Fsp3) is 0.286. The molecule has 0 aliphatic rings. The van der Waals surface area contributed by atoms with E-state index < -0.39 is 5.60 Å². The Morgan fingerprint density at radius 1 is 1.12 bits per heavy atom. The van der Waals surface area contributed by atoms with Crippen LogP contribution in [-0.2, 0) is 23.4 Å². The number of nitrogens with one attached hydrogen (secondary N) is 1. The van der Waals surface area contributed by atoms with Gasteiger partial charge in [-0.2, -0.15) is 0 Å². The molecule has 0 aliphatic carbocycles. The van der Waals surface area contributed by atoms with Crippen molar-refractivity contribution in [2.45, 2.75) is 32.4 Å². The number of carbonyl (C=O) groups is 1. The molecular formula is C21H24N2O2. The van der Waals surface area contributed by atoms with Gasteiger partial charge in [0.2, 0.25) is 5.91 Å². The summed E-state index contributed by atoms with van der Waals surface area (Å²) in [4.78, 5) is 12.4. The van der Waals surface area contributed by atoms with E-state index in [2.05, 4.69) is 22.9 Å². The second-order valence-electron chi connectivity index (χ2n) is 6.55. The van der Waals surface area contributed by atoms with E-state index in [4.69, 9.17) is 0 Å². The molecule has 2 aromatic carbocycles. The van der Waals surface area contributed by atoms with Crippen molar-refractivity contribution in [3.63, 3.8) is 0 Å². The number of aliphatic hydroxyl groups is 1. The van der Waals surface area contributed by atoms with E-state index in [0.29, 0.717) is 6.42 Å². The van der Waals surface area contributed by atoms with Crippen LogP contribution in [0.25, 0.3) is 10.9 Å².